The molecule has 0 fully saturated rings. The van der Waals surface area contributed by atoms with Crippen molar-refractivity contribution in [1.82, 2.24) is 5.32 Å². The summed E-state index contributed by atoms with van der Waals surface area (Å²) in [4.78, 5) is 24.6. The van der Waals surface area contributed by atoms with Crippen molar-refractivity contribution in [3.8, 4) is 0 Å². The zero-order chi connectivity index (χ0) is 19.8. The van der Waals surface area contributed by atoms with Gasteiger partial charge < -0.3 is 21.3 Å². The zero-order valence-corrected chi connectivity index (χ0v) is 15.5. The highest BCUT2D eigenvalue weighted by atomic mass is 16.2. The van der Waals surface area contributed by atoms with E-state index in [0.717, 1.165) is 5.69 Å². The van der Waals surface area contributed by atoms with E-state index in [9.17, 15) is 9.59 Å². The van der Waals surface area contributed by atoms with Crippen molar-refractivity contribution in [2.24, 2.45) is 0 Å². The Labute approximate surface area is 164 Å². The maximum absolute atomic E-state index is 12.8. The first kappa shape index (κ1) is 19.0. The number of hydrogen-bond donors (Lipinski definition) is 4. The fourth-order valence-electron chi connectivity index (χ4n) is 2.66. The van der Waals surface area contributed by atoms with Gasteiger partial charge in [0.15, 0.2) is 0 Å². The highest BCUT2D eigenvalue weighted by Gasteiger charge is 2.14. The van der Waals surface area contributed by atoms with Gasteiger partial charge in [-0.25, -0.2) is 4.79 Å². The Hall–Kier alpha value is -3.80. The van der Waals surface area contributed by atoms with E-state index in [1.165, 1.54) is 0 Å². The molecule has 0 saturated heterocycles. The van der Waals surface area contributed by atoms with E-state index in [0.29, 0.717) is 29.2 Å². The summed E-state index contributed by atoms with van der Waals surface area (Å²) in [6.07, 6.45) is 0. The second-order valence-corrected chi connectivity index (χ2v) is 6.06. The molecule has 0 bridgehead atoms. The molecule has 0 unspecified atom stereocenters. The monoisotopic (exact) mass is 374 g/mol. The Kier molecular flexibility index (Phi) is 6.25. The second kappa shape index (κ2) is 9.23. The van der Waals surface area contributed by atoms with Gasteiger partial charge in [-0.2, -0.15) is 0 Å². The molecule has 6 heteroatoms. The van der Waals surface area contributed by atoms with Crippen LogP contribution in [0.15, 0.2) is 78.9 Å². The van der Waals surface area contributed by atoms with Crippen LogP contribution in [-0.4, -0.2) is 18.5 Å². The third kappa shape index (κ3) is 5.11. The summed E-state index contributed by atoms with van der Waals surface area (Å²) >= 11 is 0. The quantitative estimate of drug-likeness (QED) is 0.499. The number of rotatable bonds is 6. The highest BCUT2D eigenvalue weighted by molar-refractivity contribution is 6.09. The van der Waals surface area contributed by atoms with E-state index in [-0.39, 0.29) is 11.9 Å². The molecule has 0 spiro atoms. The van der Waals surface area contributed by atoms with E-state index < -0.39 is 0 Å². The first-order valence-electron chi connectivity index (χ1n) is 9.03. The largest absolute Gasteiger partial charge is 0.355 e. The van der Waals surface area contributed by atoms with Gasteiger partial charge in [-0.1, -0.05) is 36.4 Å². The second-order valence-electron chi connectivity index (χ2n) is 6.06. The maximum Gasteiger partial charge on any atom is 0.319 e. The molecule has 4 N–H and O–H groups in total. The van der Waals surface area contributed by atoms with Crippen molar-refractivity contribution < 1.29 is 9.59 Å². The average Bonchev–Trinajstić information content (AvgIpc) is 2.70. The molecule has 0 aliphatic carbocycles. The Morgan fingerprint density at radius 1 is 0.750 bits per heavy atom. The van der Waals surface area contributed by atoms with Crippen molar-refractivity contribution in [2.75, 3.05) is 22.5 Å². The third-order valence-corrected chi connectivity index (χ3v) is 3.94. The predicted molar refractivity (Wildman–Crippen MR) is 113 cm³/mol. The number of urea groups is 1. The molecule has 0 aliphatic heterocycles. The molecular weight excluding hydrogens is 352 g/mol. The van der Waals surface area contributed by atoms with Crippen molar-refractivity contribution in [2.45, 2.75) is 6.92 Å². The topological polar surface area (TPSA) is 82.3 Å². The molecule has 28 heavy (non-hydrogen) atoms. The lowest BCUT2D eigenvalue weighted by Crippen LogP contribution is -2.28. The van der Waals surface area contributed by atoms with Gasteiger partial charge in [-0.15, -0.1) is 0 Å². The summed E-state index contributed by atoms with van der Waals surface area (Å²) in [5.74, 6) is -0.241. The van der Waals surface area contributed by atoms with Crippen LogP contribution in [0.25, 0.3) is 0 Å². The van der Waals surface area contributed by atoms with Crippen molar-refractivity contribution in [3.63, 3.8) is 0 Å². The number of hydrogen-bond acceptors (Lipinski definition) is 3. The van der Waals surface area contributed by atoms with Gasteiger partial charge in [0.05, 0.1) is 11.3 Å². The van der Waals surface area contributed by atoms with E-state index in [1.807, 2.05) is 67.6 Å². The van der Waals surface area contributed by atoms with Gasteiger partial charge in [0, 0.05) is 23.6 Å². The van der Waals surface area contributed by atoms with Crippen LogP contribution in [0.5, 0.6) is 0 Å². The van der Waals surface area contributed by atoms with Crippen LogP contribution in [0.3, 0.4) is 0 Å². The highest BCUT2D eigenvalue weighted by Crippen LogP contribution is 2.26. The van der Waals surface area contributed by atoms with Crippen LogP contribution in [0, 0.1) is 0 Å². The van der Waals surface area contributed by atoms with Gasteiger partial charge in [0.1, 0.15) is 0 Å². The first-order chi connectivity index (χ1) is 13.7. The molecule has 0 aliphatic rings. The molecule has 0 radical (unpaired) electrons. The standard InChI is InChI=1S/C22H22N4O2/c1-2-23-22(28)26-18-13-14-19(21(27)25-17-11-7-4-8-12-17)20(15-18)24-16-9-5-3-6-10-16/h3-15,24H,2H2,1H3,(H,25,27)(H2,23,26,28). The summed E-state index contributed by atoms with van der Waals surface area (Å²) < 4.78 is 0. The SMILES string of the molecule is CCNC(=O)Nc1ccc(C(=O)Nc2ccccc2)c(Nc2ccccc2)c1. The Morgan fingerprint density at radius 2 is 1.39 bits per heavy atom. The fourth-order valence-corrected chi connectivity index (χ4v) is 2.66. The minimum absolute atomic E-state index is 0.241. The summed E-state index contributed by atoms with van der Waals surface area (Å²) in [7, 11) is 0. The smallest absolute Gasteiger partial charge is 0.319 e. The van der Waals surface area contributed by atoms with Gasteiger partial charge in [-0.3, -0.25) is 4.79 Å². The van der Waals surface area contributed by atoms with Crippen molar-refractivity contribution >= 4 is 34.7 Å². The number of carbonyl (C=O) groups is 2. The molecule has 3 rings (SSSR count). The molecule has 0 saturated carbocycles. The van der Waals surface area contributed by atoms with Gasteiger partial charge in [0.25, 0.3) is 5.91 Å². The Bertz CT molecular complexity index is 943. The number of benzene rings is 3. The number of nitrogens with one attached hydrogen (secondary N) is 4. The van der Waals surface area contributed by atoms with E-state index in [4.69, 9.17) is 0 Å². The van der Waals surface area contributed by atoms with E-state index in [2.05, 4.69) is 21.3 Å². The molecule has 6 nitrogen and oxygen atoms in total. The van der Waals surface area contributed by atoms with Crippen molar-refractivity contribution in [3.05, 3.63) is 84.4 Å². The Balaban J connectivity index is 1.88. The van der Waals surface area contributed by atoms with Gasteiger partial charge in [0.2, 0.25) is 0 Å². The van der Waals surface area contributed by atoms with Crippen molar-refractivity contribution in [1.29, 1.82) is 0 Å². The Morgan fingerprint density at radius 3 is 2.04 bits per heavy atom. The van der Waals surface area contributed by atoms with Gasteiger partial charge in [-0.05, 0) is 49.4 Å². The predicted octanol–water partition coefficient (Wildman–Crippen LogP) is 4.82. The molecule has 0 aromatic heterocycles. The van der Waals surface area contributed by atoms with Crippen LogP contribution in [0.4, 0.5) is 27.5 Å². The molecule has 3 amide bonds. The normalized spacial score (nSPS) is 10.0. The number of carbonyl (C=O) groups excluding carboxylic acids is 2. The van der Waals surface area contributed by atoms with Crippen LogP contribution in [0.2, 0.25) is 0 Å². The summed E-state index contributed by atoms with van der Waals surface area (Å²) in [6.45, 7) is 2.37. The van der Waals surface area contributed by atoms with Crippen LogP contribution in [0.1, 0.15) is 17.3 Å². The fraction of sp³-hybridized carbons (Fsp3) is 0.0909. The number of anilines is 4. The summed E-state index contributed by atoms with van der Waals surface area (Å²) in [6, 6.07) is 23.6. The molecule has 142 valence electrons. The zero-order valence-electron chi connectivity index (χ0n) is 15.5. The first-order valence-corrected chi connectivity index (χ1v) is 9.03. The lowest BCUT2D eigenvalue weighted by Gasteiger charge is -2.15. The molecular formula is C22H22N4O2. The minimum Gasteiger partial charge on any atom is -0.355 e. The average molecular weight is 374 g/mol. The molecule has 3 aromatic rings. The van der Waals surface area contributed by atoms with E-state index >= 15 is 0 Å². The van der Waals surface area contributed by atoms with Crippen LogP contribution >= 0.6 is 0 Å². The molecule has 3 aromatic carbocycles. The molecule has 0 heterocycles. The molecule has 0 atom stereocenters. The lowest BCUT2D eigenvalue weighted by molar-refractivity contribution is 0.102. The third-order valence-electron chi connectivity index (χ3n) is 3.94. The maximum atomic E-state index is 12.8. The summed E-state index contributed by atoms with van der Waals surface area (Å²) in [5.41, 5.74) is 3.19. The summed E-state index contributed by atoms with van der Waals surface area (Å²) in [5, 5.41) is 11.6. The number of para-hydroxylation sites is 2. The minimum atomic E-state index is -0.297. The lowest BCUT2D eigenvalue weighted by atomic mass is 10.1. The van der Waals surface area contributed by atoms with Crippen LogP contribution in [-0.2, 0) is 0 Å². The number of amides is 3. The van der Waals surface area contributed by atoms with Crippen LogP contribution < -0.4 is 21.3 Å². The van der Waals surface area contributed by atoms with E-state index in [1.54, 1.807) is 18.2 Å². The van der Waals surface area contributed by atoms with Gasteiger partial charge >= 0.3 is 6.03 Å².